The molecular formula is C28H21N3O3S2. The van der Waals surface area contributed by atoms with Gasteiger partial charge in [0.2, 0.25) is 0 Å². The minimum atomic E-state index is -0.340. The van der Waals surface area contributed by atoms with Gasteiger partial charge in [-0.1, -0.05) is 42.5 Å². The summed E-state index contributed by atoms with van der Waals surface area (Å²) in [6.45, 7) is 0.450. The first-order valence-electron chi connectivity index (χ1n) is 11.1. The van der Waals surface area contributed by atoms with Crippen LogP contribution in [0.4, 0.5) is 5.69 Å². The fraction of sp³-hybridized carbons (Fsp3) is 0.0357. The summed E-state index contributed by atoms with van der Waals surface area (Å²) >= 11 is 6.83. The highest BCUT2D eigenvalue weighted by Crippen LogP contribution is 2.36. The van der Waals surface area contributed by atoms with Crippen LogP contribution < -0.4 is 15.4 Å². The maximum Gasteiger partial charge on any atom is 0.257 e. The SMILES string of the molecule is O=C(NC(=S)Nc1ccc(O)c(-c2nc3ccccc3s2)c1)c1ccc(OCc2ccccc2)cc1. The third-order valence-electron chi connectivity index (χ3n) is 5.37. The topological polar surface area (TPSA) is 83.5 Å². The molecule has 6 nitrogen and oxygen atoms in total. The number of thiazole rings is 1. The van der Waals surface area contributed by atoms with Gasteiger partial charge in [-0.05, 0) is 72.4 Å². The molecule has 1 aromatic heterocycles. The number of para-hydroxylation sites is 1. The highest BCUT2D eigenvalue weighted by Gasteiger charge is 2.13. The summed E-state index contributed by atoms with van der Waals surface area (Å²) in [5, 5.41) is 16.9. The van der Waals surface area contributed by atoms with Crippen LogP contribution in [0.25, 0.3) is 20.8 Å². The lowest BCUT2D eigenvalue weighted by Gasteiger charge is -2.12. The fourth-order valence-corrected chi connectivity index (χ4v) is 4.75. The normalized spacial score (nSPS) is 10.7. The Morgan fingerprint density at radius 2 is 1.69 bits per heavy atom. The first kappa shape index (κ1) is 23.5. The van der Waals surface area contributed by atoms with Crippen molar-refractivity contribution in [3.63, 3.8) is 0 Å². The summed E-state index contributed by atoms with van der Waals surface area (Å²) in [4.78, 5) is 17.3. The van der Waals surface area contributed by atoms with Crippen molar-refractivity contribution in [3.8, 4) is 22.1 Å². The van der Waals surface area contributed by atoms with Gasteiger partial charge in [0.15, 0.2) is 5.11 Å². The molecule has 0 aliphatic rings. The number of nitrogens with zero attached hydrogens (tertiary/aromatic N) is 1. The predicted molar refractivity (Wildman–Crippen MR) is 148 cm³/mol. The molecule has 1 heterocycles. The van der Waals surface area contributed by atoms with E-state index in [2.05, 4.69) is 15.6 Å². The second kappa shape index (κ2) is 10.6. The summed E-state index contributed by atoms with van der Waals surface area (Å²) < 4.78 is 6.80. The number of rotatable bonds is 6. The van der Waals surface area contributed by atoms with Crippen molar-refractivity contribution < 1.29 is 14.6 Å². The molecular weight excluding hydrogens is 490 g/mol. The van der Waals surface area contributed by atoms with E-state index < -0.39 is 0 Å². The molecule has 178 valence electrons. The van der Waals surface area contributed by atoms with Crippen LogP contribution in [0, 0.1) is 0 Å². The zero-order chi connectivity index (χ0) is 24.9. The third-order valence-corrected chi connectivity index (χ3v) is 6.64. The van der Waals surface area contributed by atoms with Gasteiger partial charge in [0.1, 0.15) is 23.1 Å². The first-order chi connectivity index (χ1) is 17.5. The van der Waals surface area contributed by atoms with Crippen LogP contribution in [-0.4, -0.2) is 21.1 Å². The van der Waals surface area contributed by atoms with Crippen LogP contribution >= 0.6 is 23.6 Å². The Balaban J connectivity index is 1.21. The summed E-state index contributed by atoms with van der Waals surface area (Å²) in [6, 6.07) is 29.5. The molecule has 0 spiro atoms. The molecule has 3 N–H and O–H groups in total. The Bertz CT molecular complexity index is 1500. The molecule has 5 aromatic rings. The predicted octanol–water partition coefficient (Wildman–Crippen LogP) is 6.37. The summed E-state index contributed by atoms with van der Waals surface area (Å²) in [5.74, 6) is 0.444. The van der Waals surface area contributed by atoms with Crippen molar-refractivity contribution in [1.82, 2.24) is 10.3 Å². The number of aromatic nitrogens is 1. The van der Waals surface area contributed by atoms with Crippen molar-refractivity contribution in [3.05, 3.63) is 108 Å². The van der Waals surface area contributed by atoms with Gasteiger partial charge in [0.05, 0.1) is 15.8 Å². The number of carbonyl (C=O) groups excluding carboxylic acids is 1. The highest BCUT2D eigenvalue weighted by atomic mass is 32.1. The Morgan fingerprint density at radius 1 is 0.944 bits per heavy atom. The molecule has 0 bridgehead atoms. The minimum Gasteiger partial charge on any atom is -0.507 e. The quantitative estimate of drug-likeness (QED) is 0.181. The number of aromatic hydroxyl groups is 1. The van der Waals surface area contributed by atoms with Gasteiger partial charge in [0, 0.05) is 11.3 Å². The molecule has 0 atom stereocenters. The molecule has 8 heteroatoms. The number of hydrogen-bond acceptors (Lipinski definition) is 6. The average Bonchev–Trinajstić information content (AvgIpc) is 3.33. The smallest absolute Gasteiger partial charge is 0.257 e. The van der Waals surface area contributed by atoms with Gasteiger partial charge in [-0.3, -0.25) is 10.1 Å². The number of ether oxygens (including phenoxy) is 1. The van der Waals surface area contributed by atoms with Crippen LogP contribution in [0.3, 0.4) is 0 Å². The van der Waals surface area contributed by atoms with E-state index in [-0.39, 0.29) is 16.8 Å². The summed E-state index contributed by atoms with van der Waals surface area (Å²) in [7, 11) is 0. The van der Waals surface area contributed by atoms with E-state index in [4.69, 9.17) is 17.0 Å². The van der Waals surface area contributed by atoms with E-state index >= 15 is 0 Å². The molecule has 0 unspecified atom stereocenters. The number of nitrogens with one attached hydrogen (secondary N) is 2. The van der Waals surface area contributed by atoms with E-state index in [1.165, 1.54) is 11.3 Å². The second-order valence-corrected chi connectivity index (χ2v) is 9.36. The van der Waals surface area contributed by atoms with Crippen molar-refractivity contribution in [1.29, 1.82) is 0 Å². The number of phenols is 1. The Hall–Kier alpha value is -4.27. The largest absolute Gasteiger partial charge is 0.507 e. The molecule has 0 fully saturated rings. The van der Waals surface area contributed by atoms with Gasteiger partial charge in [-0.2, -0.15) is 0 Å². The van der Waals surface area contributed by atoms with Gasteiger partial charge in [-0.15, -0.1) is 11.3 Å². The average molecular weight is 512 g/mol. The van der Waals surface area contributed by atoms with Crippen LogP contribution in [-0.2, 0) is 6.61 Å². The number of carbonyl (C=O) groups is 1. The molecule has 0 aliphatic heterocycles. The Labute approximate surface area is 217 Å². The number of amides is 1. The Kier molecular flexibility index (Phi) is 6.88. The Morgan fingerprint density at radius 3 is 2.47 bits per heavy atom. The number of thiocarbonyl (C=S) groups is 1. The molecule has 0 saturated carbocycles. The molecule has 36 heavy (non-hydrogen) atoms. The summed E-state index contributed by atoms with van der Waals surface area (Å²) in [5.41, 5.74) is 3.59. The minimum absolute atomic E-state index is 0.115. The standard InChI is InChI=1S/C28H21N3O3S2/c32-24-15-12-20(16-22(24)27-30-23-8-4-5-9-25(23)36-27)29-28(35)31-26(33)19-10-13-21(14-11-19)34-17-18-6-2-1-3-7-18/h1-16,32H,17H2,(H2,29,31,33,35). The second-order valence-electron chi connectivity index (χ2n) is 7.93. The molecule has 5 rings (SSSR count). The van der Waals surface area contributed by atoms with E-state index in [9.17, 15) is 9.90 Å². The van der Waals surface area contributed by atoms with E-state index in [1.54, 1.807) is 42.5 Å². The van der Waals surface area contributed by atoms with Crippen LogP contribution in [0.2, 0.25) is 0 Å². The number of hydrogen-bond donors (Lipinski definition) is 3. The molecule has 1 amide bonds. The van der Waals surface area contributed by atoms with Crippen molar-refractivity contribution in [2.75, 3.05) is 5.32 Å². The lowest BCUT2D eigenvalue weighted by atomic mass is 10.2. The van der Waals surface area contributed by atoms with Crippen LogP contribution in [0.1, 0.15) is 15.9 Å². The number of fused-ring (bicyclic) bond motifs is 1. The maximum absolute atomic E-state index is 12.7. The zero-order valence-corrected chi connectivity index (χ0v) is 20.6. The molecule has 0 aliphatic carbocycles. The van der Waals surface area contributed by atoms with E-state index in [0.717, 1.165) is 15.8 Å². The van der Waals surface area contributed by atoms with Crippen molar-refractivity contribution in [2.24, 2.45) is 0 Å². The van der Waals surface area contributed by atoms with Crippen molar-refractivity contribution >= 4 is 50.5 Å². The molecule has 4 aromatic carbocycles. The van der Waals surface area contributed by atoms with Gasteiger partial charge in [-0.25, -0.2) is 4.98 Å². The zero-order valence-electron chi connectivity index (χ0n) is 19.0. The number of benzene rings is 4. The van der Waals surface area contributed by atoms with Crippen LogP contribution in [0.15, 0.2) is 97.1 Å². The lowest BCUT2D eigenvalue weighted by Crippen LogP contribution is -2.34. The maximum atomic E-state index is 12.7. The fourth-order valence-electron chi connectivity index (χ4n) is 3.55. The van der Waals surface area contributed by atoms with Crippen molar-refractivity contribution in [2.45, 2.75) is 6.61 Å². The number of phenolic OH excluding ortho intramolecular Hbond substituents is 1. The summed E-state index contributed by atoms with van der Waals surface area (Å²) in [6.07, 6.45) is 0. The monoisotopic (exact) mass is 511 g/mol. The molecule has 0 saturated heterocycles. The van der Waals surface area contributed by atoms with Gasteiger partial charge < -0.3 is 15.2 Å². The highest BCUT2D eigenvalue weighted by molar-refractivity contribution is 7.80. The van der Waals surface area contributed by atoms with Gasteiger partial charge in [0.25, 0.3) is 5.91 Å². The van der Waals surface area contributed by atoms with Crippen LogP contribution in [0.5, 0.6) is 11.5 Å². The van der Waals surface area contributed by atoms with Gasteiger partial charge >= 0.3 is 0 Å². The first-order valence-corrected chi connectivity index (χ1v) is 12.4. The van der Waals surface area contributed by atoms with E-state index in [0.29, 0.717) is 34.2 Å². The number of anilines is 1. The third kappa shape index (κ3) is 5.51. The van der Waals surface area contributed by atoms with E-state index in [1.807, 2.05) is 54.6 Å². The molecule has 0 radical (unpaired) electrons. The lowest BCUT2D eigenvalue weighted by molar-refractivity contribution is 0.0977.